The van der Waals surface area contributed by atoms with Gasteiger partial charge < -0.3 is 25.1 Å². The third-order valence-electron chi connectivity index (χ3n) is 2.90. The molecule has 1 atom stereocenters. The summed E-state index contributed by atoms with van der Waals surface area (Å²) in [5.41, 5.74) is 0.730. The number of hydrogen-bond donors (Lipinski definition) is 4. The lowest BCUT2D eigenvalue weighted by atomic mass is 10.1. The largest absolute Gasteiger partial charge is 0.480 e. The number of urea groups is 1. The van der Waals surface area contributed by atoms with Crippen LogP contribution >= 0.6 is 7.60 Å². The number of aliphatic carboxylic acids is 1. The molecule has 1 aromatic rings. The molecule has 0 saturated carbocycles. The summed E-state index contributed by atoms with van der Waals surface area (Å²) in [4.78, 5) is 41.9. The molecular weight excluding hydrogens is 311 g/mol. The van der Waals surface area contributed by atoms with Crippen LogP contribution in [0.3, 0.4) is 0 Å². The first-order chi connectivity index (χ1) is 10.2. The van der Waals surface area contributed by atoms with Gasteiger partial charge in [0.25, 0.3) is 0 Å². The van der Waals surface area contributed by atoms with Crippen LogP contribution in [0.2, 0.25) is 0 Å². The van der Waals surface area contributed by atoms with Crippen LogP contribution in [0.5, 0.6) is 0 Å². The summed E-state index contributed by atoms with van der Waals surface area (Å²) in [6.45, 7) is 1.59. The van der Waals surface area contributed by atoms with Crippen molar-refractivity contribution in [1.82, 2.24) is 10.2 Å². The summed E-state index contributed by atoms with van der Waals surface area (Å²) in [5.74, 6) is -1.22. The van der Waals surface area contributed by atoms with Crippen LogP contribution in [0.25, 0.3) is 0 Å². The van der Waals surface area contributed by atoms with Gasteiger partial charge in [-0.1, -0.05) is 30.3 Å². The molecule has 0 radical (unpaired) electrons. The molecule has 0 saturated heterocycles. The van der Waals surface area contributed by atoms with Gasteiger partial charge in [0.05, 0.1) is 0 Å². The average Bonchev–Trinajstić information content (AvgIpc) is 2.44. The molecule has 4 N–H and O–H groups in total. The summed E-state index contributed by atoms with van der Waals surface area (Å²) in [6.07, 6.45) is -0.678. The van der Waals surface area contributed by atoms with Crippen LogP contribution in [0.15, 0.2) is 30.3 Å². The minimum Gasteiger partial charge on any atom is -0.480 e. The van der Waals surface area contributed by atoms with Crippen molar-refractivity contribution in [3.63, 3.8) is 0 Å². The van der Waals surface area contributed by atoms with Crippen LogP contribution in [0, 0.1) is 0 Å². The smallest absolute Gasteiger partial charge is 0.344 e. The Balaban J connectivity index is 2.75. The lowest BCUT2D eigenvalue weighted by Gasteiger charge is -2.24. The van der Waals surface area contributed by atoms with Gasteiger partial charge in [-0.15, -0.1) is 0 Å². The summed E-state index contributed by atoms with van der Waals surface area (Å²) in [5, 5.41) is 11.5. The van der Waals surface area contributed by atoms with Gasteiger partial charge in [0, 0.05) is 13.0 Å². The highest BCUT2D eigenvalue weighted by Crippen LogP contribution is 2.34. The molecule has 1 aromatic carbocycles. The molecule has 0 bridgehead atoms. The van der Waals surface area contributed by atoms with Crippen molar-refractivity contribution in [2.45, 2.75) is 19.4 Å². The Morgan fingerprint density at radius 3 is 2.32 bits per heavy atom. The number of rotatable bonds is 7. The first-order valence-electron chi connectivity index (χ1n) is 6.59. The SMILES string of the molecule is CCN(CP(=O)(O)O)C(=O)N[C@@H](Cc1ccccc1)C(=O)O. The number of carbonyl (C=O) groups excluding carboxylic acids is 1. The maximum atomic E-state index is 12.0. The van der Waals surface area contributed by atoms with Crippen molar-refractivity contribution in [3.05, 3.63) is 35.9 Å². The predicted molar refractivity (Wildman–Crippen MR) is 79.4 cm³/mol. The second-order valence-corrected chi connectivity index (χ2v) is 6.30. The normalized spacial score (nSPS) is 12.5. The number of hydrogen-bond acceptors (Lipinski definition) is 3. The molecule has 2 amide bonds. The van der Waals surface area contributed by atoms with E-state index in [1.807, 2.05) is 0 Å². The van der Waals surface area contributed by atoms with Crippen LogP contribution in [0.4, 0.5) is 4.79 Å². The number of nitrogens with zero attached hydrogens (tertiary/aromatic N) is 1. The zero-order chi connectivity index (χ0) is 16.8. The highest BCUT2D eigenvalue weighted by molar-refractivity contribution is 7.51. The van der Waals surface area contributed by atoms with E-state index in [4.69, 9.17) is 9.79 Å². The van der Waals surface area contributed by atoms with Gasteiger partial charge in [0.15, 0.2) is 0 Å². The van der Waals surface area contributed by atoms with Gasteiger partial charge in [0.2, 0.25) is 0 Å². The van der Waals surface area contributed by atoms with Crippen molar-refractivity contribution in [2.24, 2.45) is 0 Å². The fourth-order valence-electron chi connectivity index (χ4n) is 1.82. The summed E-state index contributed by atoms with van der Waals surface area (Å²) in [6, 6.07) is 6.75. The number of benzene rings is 1. The molecule has 122 valence electrons. The van der Waals surface area contributed by atoms with Crippen LogP contribution in [0.1, 0.15) is 12.5 Å². The van der Waals surface area contributed by atoms with Crippen molar-refractivity contribution in [3.8, 4) is 0 Å². The minimum atomic E-state index is -4.41. The monoisotopic (exact) mass is 330 g/mol. The number of amides is 2. The highest BCUT2D eigenvalue weighted by Gasteiger charge is 2.26. The topological polar surface area (TPSA) is 127 Å². The van der Waals surface area contributed by atoms with Gasteiger partial charge in [-0.2, -0.15) is 0 Å². The van der Waals surface area contributed by atoms with E-state index in [1.165, 1.54) is 0 Å². The average molecular weight is 330 g/mol. The Morgan fingerprint density at radius 2 is 1.86 bits per heavy atom. The van der Waals surface area contributed by atoms with E-state index in [-0.39, 0.29) is 13.0 Å². The summed E-state index contributed by atoms with van der Waals surface area (Å²) in [7, 11) is -4.41. The van der Waals surface area contributed by atoms with Crippen LogP contribution < -0.4 is 5.32 Å². The first kappa shape index (κ1) is 18.2. The fraction of sp³-hybridized carbons (Fsp3) is 0.385. The Morgan fingerprint density at radius 1 is 1.27 bits per heavy atom. The van der Waals surface area contributed by atoms with Gasteiger partial charge in [-0.3, -0.25) is 4.57 Å². The van der Waals surface area contributed by atoms with E-state index in [0.29, 0.717) is 0 Å². The van der Waals surface area contributed by atoms with E-state index in [1.54, 1.807) is 37.3 Å². The quantitative estimate of drug-likeness (QED) is 0.549. The highest BCUT2D eigenvalue weighted by atomic mass is 31.2. The molecule has 0 aliphatic carbocycles. The Labute approximate surface area is 127 Å². The van der Waals surface area contributed by atoms with E-state index in [0.717, 1.165) is 10.5 Å². The molecule has 0 aliphatic heterocycles. The second kappa shape index (κ2) is 7.93. The van der Waals surface area contributed by atoms with E-state index in [9.17, 15) is 19.3 Å². The van der Waals surface area contributed by atoms with E-state index >= 15 is 0 Å². The number of carbonyl (C=O) groups is 2. The third-order valence-corrected chi connectivity index (χ3v) is 3.61. The minimum absolute atomic E-state index is 0.0502. The van der Waals surface area contributed by atoms with Crippen LogP contribution in [-0.2, 0) is 15.8 Å². The number of carboxylic acids is 1. The van der Waals surface area contributed by atoms with Crippen molar-refractivity contribution in [2.75, 3.05) is 12.8 Å². The van der Waals surface area contributed by atoms with Gasteiger partial charge >= 0.3 is 19.6 Å². The second-order valence-electron chi connectivity index (χ2n) is 4.69. The summed E-state index contributed by atoms with van der Waals surface area (Å²) < 4.78 is 11.0. The molecule has 9 heteroatoms. The number of nitrogens with one attached hydrogen (secondary N) is 1. The molecule has 0 unspecified atom stereocenters. The molecule has 0 fully saturated rings. The lowest BCUT2D eigenvalue weighted by molar-refractivity contribution is -0.139. The van der Waals surface area contributed by atoms with Crippen molar-refractivity contribution < 1.29 is 29.0 Å². The Hall–Kier alpha value is -1.89. The predicted octanol–water partition coefficient (Wildman–Crippen LogP) is 0.849. The van der Waals surface area contributed by atoms with Gasteiger partial charge in [-0.25, -0.2) is 9.59 Å². The first-order valence-corrected chi connectivity index (χ1v) is 8.39. The fourth-order valence-corrected chi connectivity index (χ4v) is 2.59. The van der Waals surface area contributed by atoms with E-state index in [2.05, 4.69) is 5.32 Å². The van der Waals surface area contributed by atoms with Crippen LogP contribution in [-0.4, -0.2) is 50.7 Å². The summed E-state index contributed by atoms with van der Waals surface area (Å²) >= 11 is 0. The molecule has 0 spiro atoms. The van der Waals surface area contributed by atoms with Gasteiger partial charge in [0.1, 0.15) is 12.3 Å². The maximum Gasteiger partial charge on any atom is 0.344 e. The molecule has 1 rings (SSSR count). The van der Waals surface area contributed by atoms with Crippen molar-refractivity contribution in [1.29, 1.82) is 0 Å². The molecule has 22 heavy (non-hydrogen) atoms. The molecule has 0 aliphatic rings. The van der Waals surface area contributed by atoms with Gasteiger partial charge in [-0.05, 0) is 12.5 Å². The lowest BCUT2D eigenvalue weighted by Crippen LogP contribution is -2.49. The Bertz CT molecular complexity index is 559. The zero-order valence-electron chi connectivity index (χ0n) is 12.0. The number of carboxylic acid groups (broad SMARTS) is 1. The maximum absolute atomic E-state index is 12.0. The molecular formula is C13H19N2O6P. The molecule has 0 heterocycles. The van der Waals surface area contributed by atoms with E-state index < -0.39 is 31.9 Å². The zero-order valence-corrected chi connectivity index (χ0v) is 12.9. The molecule has 8 nitrogen and oxygen atoms in total. The van der Waals surface area contributed by atoms with Crippen molar-refractivity contribution >= 4 is 19.6 Å². The Kier molecular flexibility index (Phi) is 6.55. The molecule has 0 aromatic heterocycles. The standard InChI is InChI=1S/C13H19N2O6P/c1-2-15(9-22(19,20)21)13(18)14-11(12(16)17)8-10-6-4-3-5-7-10/h3-7,11H,2,8-9H2,1H3,(H,14,18)(H,16,17)(H2,19,20,21)/t11-/m0/s1. The third kappa shape index (κ3) is 6.26.